The Labute approximate surface area is 214 Å². The molecule has 0 saturated carbocycles. The summed E-state index contributed by atoms with van der Waals surface area (Å²) in [6, 6.07) is 16.4. The van der Waals surface area contributed by atoms with E-state index in [1.807, 2.05) is 6.07 Å². The molecule has 0 aliphatic heterocycles. The van der Waals surface area contributed by atoms with Crippen LogP contribution in [0.1, 0.15) is 15.9 Å². The Morgan fingerprint density at radius 1 is 1.06 bits per heavy atom. The molecule has 36 heavy (non-hydrogen) atoms. The van der Waals surface area contributed by atoms with E-state index < -0.39 is 16.8 Å². The van der Waals surface area contributed by atoms with E-state index in [2.05, 4.69) is 21.2 Å². The third-order valence-corrected chi connectivity index (χ3v) is 5.37. The van der Waals surface area contributed by atoms with Gasteiger partial charge in [0.1, 0.15) is 17.4 Å². The van der Waals surface area contributed by atoms with Crippen molar-refractivity contribution in [3.8, 4) is 23.3 Å². The smallest absolute Gasteiger partial charge is 0.343 e. The maximum Gasteiger partial charge on any atom is 0.343 e. The number of nitro groups is 1. The molecule has 0 heterocycles. The molecule has 3 rings (SSSR count). The number of ether oxygens (including phenoxy) is 3. The number of carbonyl (C=O) groups excluding carboxylic acids is 2. The third-order valence-electron chi connectivity index (χ3n) is 4.78. The molecule has 0 radical (unpaired) electrons. The van der Waals surface area contributed by atoms with E-state index in [-0.39, 0.29) is 28.4 Å². The second kappa shape index (κ2) is 11.6. The number of hydrogen-bond acceptors (Lipinski definition) is 8. The van der Waals surface area contributed by atoms with Crippen LogP contribution in [0.2, 0.25) is 0 Å². The van der Waals surface area contributed by atoms with E-state index in [9.17, 15) is 25.0 Å². The van der Waals surface area contributed by atoms with E-state index in [0.717, 1.165) is 0 Å². The standard InChI is InChI=1S/C25H18BrN3O7/c1-34-20-9-3-16(4-10-20)25(31)36-23-21(26)12-15(13-22(23)35-2)11-17(14-27)24(30)28-18-5-7-19(8-6-18)29(32)33/h3-13H,1-2H3,(H,28,30). The molecule has 0 saturated heterocycles. The molecule has 1 amide bonds. The van der Waals surface area contributed by atoms with Gasteiger partial charge in [-0.3, -0.25) is 14.9 Å². The second-order valence-corrected chi connectivity index (χ2v) is 7.93. The lowest BCUT2D eigenvalue weighted by Crippen LogP contribution is -2.13. The van der Waals surface area contributed by atoms with Crippen LogP contribution in [-0.2, 0) is 4.79 Å². The summed E-state index contributed by atoms with van der Waals surface area (Å²) in [7, 11) is 2.90. The van der Waals surface area contributed by atoms with Crippen LogP contribution in [-0.4, -0.2) is 31.0 Å². The fourth-order valence-electron chi connectivity index (χ4n) is 2.98. The number of carbonyl (C=O) groups is 2. The molecule has 0 aliphatic rings. The molecule has 0 fully saturated rings. The number of amides is 1. The van der Waals surface area contributed by atoms with Gasteiger partial charge in [-0.1, -0.05) is 0 Å². The number of hydrogen-bond donors (Lipinski definition) is 1. The lowest BCUT2D eigenvalue weighted by atomic mass is 10.1. The van der Waals surface area contributed by atoms with E-state index in [1.165, 1.54) is 50.6 Å². The molecule has 10 nitrogen and oxygen atoms in total. The minimum Gasteiger partial charge on any atom is -0.497 e. The third kappa shape index (κ3) is 6.25. The van der Waals surface area contributed by atoms with Gasteiger partial charge in [-0.15, -0.1) is 0 Å². The van der Waals surface area contributed by atoms with E-state index in [4.69, 9.17) is 14.2 Å². The average molecular weight is 552 g/mol. The number of halogens is 1. The highest BCUT2D eigenvalue weighted by molar-refractivity contribution is 9.10. The van der Waals surface area contributed by atoms with E-state index >= 15 is 0 Å². The summed E-state index contributed by atoms with van der Waals surface area (Å²) >= 11 is 3.34. The number of esters is 1. The number of nitro benzene ring substituents is 1. The summed E-state index contributed by atoms with van der Waals surface area (Å²) in [6.45, 7) is 0. The first-order chi connectivity index (χ1) is 17.2. The number of benzene rings is 3. The van der Waals surface area contributed by atoms with Crippen molar-refractivity contribution >= 4 is 45.3 Å². The Morgan fingerprint density at radius 3 is 2.28 bits per heavy atom. The highest BCUT2D eigenvalue weighted by atomic mass is 79.9. The Balaban J connectivity index is 1.82. The van der Waals surface area contributed by atoms with Gasteiger partial charge in [-0.2, -0.15) is 5.26 Å². The monoisotopic (exact) mass is 551 g/mol. The first-order valence-electron chi connectivity index (χ1n) is 10.2. The Morgan fingerprint density at radius 2 is 1.72 bits per heavy atom. The number of methoxy groups -OCH3 is 2. The summed E-state index contributed by atoms with van der Waals surface area (Å²) < 4.78 is 16.3. The van der Waals surface area contributed by atoms with Gasteiger partial charge in [0, 0.05) is 17.8 Å². The summed E-state index contributed by atoms with van der Waals surface area (Å²) in [6.07, 6.45) is 1.32. The number of nitriles is 1. The van der Waals surface area contributed by atoms with Gasteiger partial charge in [0.05, 0.1) is 29.2 Å². The first-order valence-corrected chi connectivity index (χ1v) is 11.0. The number of nitrogens with zero attached hydrogens (tertiary/aromatic N) is 2. The van der Waals surface area contributed by atoms with Crippen molar-refractivity contribution in [2.24, 2.45) is 0 Å². The van der Waals surface area contributed by atoms with Crippen molar-refractivity contribution in [3.05, 3.63) is 92.0 Å². The van der Waals surface area contributed by atoms with Crippen LogP contribution < -0.4 is 19.5 Å². The molecule has 3 aromatic rings. The topological polar surface area (TPSA) is 141 Å². The molecular formula is C25H18BrN3O7. The molecule has 1 N–H and O–H groups in total. The maximum absolute atomic E-state index is 12.6. The highest BCUT2D eigenvalue weighted by Gasteiger charge is 2.18. The van der Waals surface area contributed by atoms with Crippen LogP contribution in [0.25, 0.3) is 6.08 Å². The van der Waals surface area contributed by atoms with Gasteiger partial charge in [-0.05, 0) is 76.1 Å². The van der Waals surface area contributed by atoms with Crippen LogP contribution in [0, 0.1) is 21.4 Å². The fraction of sp³-hybridized carbons (Fsp3) is 0.0800. The zero-order valence-electron chi connectivity index (χ0n) is 19.0. The number of non-ortho nitro benzene ring substituents is 1. The number of rotatable bonds is 8. The molecule has 0 aliphatic carbocycles. The molecule has 0 unspecified atom stereocenters. The average Bonchev–Trinajstić information content (AvgIpc) is 2.88. The normalized spacial score (nSPS) is 10.7. The van der Waals surface area contributed by atoms with Crippen molar-refractivity contribution in [1.82, 2.24) is 0 Å². The molecule has 0 aromatic heterocycles. The molecule has 182 valence electrons. The van der Waals surface area contributed by atoms with Gasteiger partial charge >= 0.3 is 5.97 Å². The van der Waals surface area contributed by atoms with Crippen LogP contribution in [0.15, 0.2) is 70.7 Å². The van der Waals surface area contributed by atoms with E-state index in [0.29, 0.717) is 21.3 Å². The molecule has 11 heteroatoms. The van der Waals surface area contributed by atoms with Crippen molar-refractivity contribution in [3.63, 3.8) is 0 Å². The van der Waals surface area contributed by atoms with Crippen LogP contribution in [0.3, 0.4) is 0 Å². The summed E-state index contributed by atoms with van der Waals surface area (Å²) in [4.78, 5) is 35.4. The zero-order chi connectivity index (χ0) is 26.2. The zero-order valence-corrected chi connectivity index (χ0v) is 20.6. The molecule has 0 atom stereocenters. The van der Waals surface area contributed by atoms with Crippen LogP contribution >= 0.6 is 15.9 Å². The predicted octanol–water partition coefficient (Wildman–Crippen LogP) is 5.14. The van der Waals surface area contributed by atoms with Crippen LogP contribution in [0.4, 0.5) is 11.4 Å². The molecule has 0 bridgehead atoms. The fourth-order valence-corrected chi connectivity index (χ4v) is 3.52. The SMILES string of the molecule is COc1ccc(C(=O)Oc2c(Br)cc(C=C(C#N)C(=O)Nc3ccc([N+](=O)[O-])cc3)cc2OC)cc1. The van der Waals surface area contributed by atoms with Gasteiger partial charge in [-0.25, -0.2) is 4.79 Å². The predicted molar refractivity (Wildman–Crippen MR) is 134 cm³/mol. The molecule has 3 aromatic carbocycles. The van der Waals surface area contributed by atoms with E-state index in [1.54, 1.807) is 30.3 Å². The van der Waals surface area contributed by atoms with Gasteiger partial charge in [0.2, 0.25) is 0 Å². The van der Waals surface area contributed by atoms with Crippen molar-refractivity contribution in [1.29, 1.82) is 5.26 Å². The van der Waals surface area contributed by atoms with Crippen molar-refractivity contribution in [2.45, 2.75) is 0 Å². The second-order valence-electron chi connectivity index (χ2n) is 7.08. The lowest BCUT2D eigenvalue weighted by Gasteiger charge is -2.13. The number of nitrogens with one attached hydrogen (secondary N) is 1. The minimum absolute atomic E-state index is 0.115. The summed E-state index contributed by atoms with van der Waals surface area (Å²) in [5.41, 5.74) is 0.632. The quantitative estimate of drug-likeness (QED) is 0.101. The van der Waals surface area contributed by atoms with Crippen molar-refractivity contribution in [2.75, 3.05) is 19.5 Å². The Kier molecular flexibility index (Phi) is 8.38. The largest absolute Gasteiger partial charge is 0.497 e. The molecular weight excluding hydrogens is 534 g/mol. The Hall–Kier alpha value is -4.69. The number of anilines is 1. The first kappa shape index (κ1) is 25.9. The molecule has 0 spiro atoms. The maximum atomic E-state index is 12.6. The highest BCUT2D eigenvalue weighted by Crippen LogP contribution is 2.38. The van der Waals surface area contributed by atoms with Crippen molar-refractivity contribution < 1.29 is 28.7 Å². The van der Waals surface area contributed by atoms with Gasteiger partial charge in [0.25, 0.3) is 11.6 Å². The summed E-state index contributed by atoms with van der Waals surface area (Å²) in [5, 5.41) is 22.8. The lowest BCUT2D eigenvalue weighted by molar-refractivity contribution is -0.384. The van der Waals surface area contributed by atoms with Gasteiger partial charge < -0.3 is 19.5 Å². The van der Waals surface area contributed by atoms with Gasteiger partial charge in [0.15, 0.2) is 11.5 Å². The minimum atomic E-state index is -0.712. The summed E-state index contributed by atoms with van der Waals surface area (Å²) in [5.74, 6) is -0.446. The Bertz CT molecular complexity index is 1380. The van der Waals surface area contributed by atoms with Crippen LogP contribution in [0.5, 0.6) is 17.2 Å².